The van der Waals surface area contributed by atoms with Crippen LogP contribution in [0.4, 0.5) is 10.1 Å². The fourth-order valence-electron chi connectivity index (χ4n) is 3.56. The maximum Gasteiger partial charge on any atom is 0.303 e. The van der Waals surface area contributed by atoms with E-state index in [0.29, 0.717) is 24.0 Å². The number of nitrogens with one attached hydrogen (secondary N) is 1. The minimum absolute atomic E-state index is 0.308. The Morgan fingerprint density at radius 1 is 1.30 bits per heavy atom. The number of halogens is 1. The topological polar surface area (TPSA) is 41.8 Å². The molecule has 1 N–H and O–H groups in total. The van der Waals surface area contributed by atoms with E-state index < -0.39 is 17.5 Å². The Hall–Kier alpha value is -2.05. The molecule has 1 amide bonds. The van der Waals surface area contributed by atoms with E-state index >= 15 is 0 Å². The van der Waals surface area contributed by atoms with Gasteiger partial charge in [-0.15, -0.1) is 11.3 Å². The molecule has 0 radical (unpaired) electrons. The number of thiophene rings is 1. The molecule has 2 aromatic rings. The number of hydrogen-bond donors (Lipinski definition) is 1. The Labute approximate surface area is 137 Å². The molecule has 4 nitrogen and oxygen atoms in total. The number of carbonyl (C=O) groups excluding carboxylic acids is 2. The maximum atomic E-state index is 13.5. The van der Waals surface area contributed by atoms with Gasteiger partial charge in [0, 0.05) is 12.8 Å². The summed E-state index contributed by atoms with van der Waals surface area (Å²) in [5, 5.41) is 2.06. The van der Waals surface area contributed by atoms with Crippen LogP contribution in [0.25, 0.3) is 0 Å². The van der Waals surface area contributed by atoms with E-state index in [0.717, 1.165) is 19.4 Å². The van der Waals surface area contributed by atoms with Gasteiger partial charge in [0.25, 0.3) is 5.78 Å². The second-order valence-corrected chi connectivity index (χ2v) is 6.98. The Kier molecular flexibility index (Phi) is 3.50. The standard InChI is InChI=1S/C17H15FN2O2S/c18-11-5-6-12-14(9-11)20(17(22)16(12)21)10-19-7-1-3-13(19)15-4-2-8-23-15/h2,4-6,8-9,13H,1,3,7,10H2/p+1/t13-/m0/s1. The van der Waals surface area contributed by atoms with Crippen molar-refractivity contribution >= 4 is 28.7 Å². The summed E-state index contributed by atoms with van der Waals surface area (Å²) in [5.74, 6) is -1.51. The molecule has 2 aliphatic heterocycles. The van der Waals surface area contributed by atoms with Crippen LogP contribution in [0, 0.1) is 5.82 Å². The summed E-state index contributed by atoms with van der Waals surface area (Å²) >= 11 is 1.72. The van der Waals surface area contributed by atoms with Gasteiger partial charge in [0.1, 0.15) is 11.9 Å². The maximum absolute atomic E-state index is 13.5. The lowest BCUT2D eigenvalue weighted by Gasteiger charge is -2.25. The number of rotatable bonds is 3. The number of nitrogens with zero attached hydrogens (tertiary/aromatic N) is 1. The molecule has 1 aromatic heterocycles. The second kappa shape index (κ2) is 5.54. The Morgan fingerprint density at radius 3 is 2.96 bits per heavy atom. The lowest BCUT2D eigenvalue weighted by atomic mass is 10.1. The summed E-state index contributed by atoms with van der Waals surface area (Å²) in [5.41, 5.74) is 0.715. The third-order valence-corrected chi connectivity index (χ3v) is 5.65. The van der Waals surface area contributed by atoms with Crippen LogP contribution in [0.1, 0.15) is 34.1 Å². The van der Waals surface area contributed by atoms with E-state index in [1.165, 1.54) is 32.9 Å². The number of carbonyl (C=O) groups is 2. The molecule has 6 heteroatoms. The minimum Gasteiger partial charge on any atom is -0.311 e. The highest BCUT2D eigenvalue weighted by atomic mass is 32.1. The first-order valence-electron chi connectivity index (χ1n) is 7.69. The van der Waals surface area contributed by atoms with Crippen LogP contribution in [-0.2, 0) is 4.79 Å². The SMILES string of the molecule is O=C1C(=O)N(C[NH+]2CCC[C@H]2c2cccs2)c2cc(F)ccc21. The predicted molar refractivity (Wildman–Crippen MR) is 85.2 cm³/mol. The molecule has 23 heavy (non-hydrogen) atoms. The normalized spacial score (nSPS) is 23.6. The summed E-state index contributed by atoms with van der Waals surface area (Å²) in [4.78, 5) is 28.4. The molecule has 1 saturated heterocycles. The average molecular weight is 331 g/mol. The van der Waals surface area contributed by atoms with Crippen molar-refractivity contribution in [3.05, 3.63) is 52.0 Å². The molecule has 2 aliphatic rings. The first-order chi connectivity index (χ1) is 11.1. The van der Waals surface area contributed by atoms with Gasteiger partial charge in [0.05, 0.1) is 22.7 Å². The highest BCUT2D eigenvalue weighted by molar-refractivity contribution is 7.10. The number of hydrogen-bond acceptors (Lipinski definition) is 3. The molecule has 0 spiro atoms. The molecule has 1 unspecified atom stereocenters. The fraction of sp³-hybridized carbons (Fsp3) is 0.294. The quantitative estimate of drug-likeness (QED) is 0.872. The highest BCUT2D eigenvalue weighted by Gasteiger charge is 2.40. The smallest absolute Gasteiger partial charge is 0.303 e. The molecule has 0 saturated carbocycles. The van der Waals surface area contributed by atoms with Gasteiger partial charge in [-0.3, -0.25) is 14.5 Å². The van der Waals surface area contributed by atoms with Gasteiger partial charge in [-0.1, -0.05) is 6.07 Å². The number of Topliss-reactive ketones (excluding diaryl/α,β-unsaturated/α-hetero) is 1. The third kappa shape index (κ3) is 2.38. The largest absolute Gasteiger partial charge is 0.311 e. The van der Waals surface area contributed by atoms with E-state index in [9.17, 15) is 14.0 Å². The first-order valence-corrected chi connectivity index (χ1v) is 8.57. The summed E-state index contributed by atoms with van der Waals surface area (Å²) < 4.78 is 13.5. The van der Waals surface area contributed by atoms with Gasteiger partial charge in [-0.2, -0.15) is 0 Å². The Bertz CT molecular complexity index is 775. The molecule has 0 bridgehead atoms. The van der Waals surface area contributed by atoms with Crippen LogP contribution in [0.5, 0.6) is 0 Å². The zero-order valence-corrected chi connectivity index (χ0v) is 13.2. The monoisotopic (exact) mass is 331 g/mol. The number of quaternary nitrogens is 1. The molecule has 1 fully saturated rings. The van der Waals surface area contributed by atoms with Crippen LogP contribution in [0.15, 0.2) is 35.7 Å². The van der Waals surface area contributed by atoms with Crippen molar-refractivity contribution < 1.29 is 18.9 Å². The predicted octanol–water partition coefficient (Wildman–Crippen LogP) is 1.79. The number of anilines is 1. The van der Waals surface area contributed by atoms with Gasteiger partial charge in [-0.25, -0.2) is 4.39 Å². The lowest BCUT2D eigenvalue weighted by Crippen LogP contribution is -3.12. The van der Waals surface area contributed by atoms with Crippen LogP contribution >= 0.6 is 11.3 Å². The third-order valence-electron chi connectivity index (χ3n) is 4.67. The van der Waals surface area contributed by atoms with E-state index in [2.05, 4.69) is 11.4 Å². The average Bonchev–Trinajstić information content (AvgIpc) is 3.25. The molecule has 0 aliphatic carbocycles. The first kappa shape index (κ1) is 14.5. The molecule has 2 atom stereocenters. The van der Waals surface area contributed by atoms with Gasteiger partial charge in [0.2, 0.25) is 0 Å². The number of ketones is 1. The summed E-state index contributed by atoms with van der Waals surface area (Å²) in [7, 11) is 0. The van der Waals surface area contributed by atoms with Crippen LogP contribution in [0.3, 0.4) is 0 Å². The van der Waals surface area contributed by atoms with Crippen molar-refractivity contribution in [1.29, 1.82) is 0 Å². The zero-order chi connectivity index (χ0) is 16.0. The molecular weight excluding hydrogens is 315 g/mol. The van der Waals surface area contributed by atoms with Crippen molar-refractivity contribution in [2.45, 2.75) is 18.9 Å². The van der Waals surface area contributed by atoms with Crippen molar-refractivity contribution in [2.24, 2.45) is 0 Å². The van der Waals surface area contributed by atoms with Crippen molar-refractivity contribution in [3.63, 3.8) is 0 Å². The van der Waals surface area contributed by atoms with Gasteiger partial charge in [0.15, 0.2) is 6.67 Å². The van der Waals surface area contributed by atoms with Gasteiger partial charge in [-0.05, 0) is 29.6 Å². The highest BCUT2D eigenvalue weighted by Crippen LogP contribution is 2.30. The molecule has 3 heterocycles. The fourth-order valence-corrected chi connectivity index (χ4v) is 4.48. The van der Waals surface area contributed by atoms with E-state index in [1.54, 1.807) is 11.3 Å². The number of benzene rings is 1. The lowest BCUT2D eigenvalue weighted by molar-refractivity contribution is -0.916. The van der Waals surface area contributed by atoms with Crippen molar-refractivity contribution in [3.8, 4) is 0 Å². The zero-order valence-electron chi connectivity index (χ0n) is 12.4. The van der Waals surface area contributed by atoms with E-state index in [1.807, 2.05) is 6.07 Å². The Balaban J connectivity index is 1.63. The summed E-state index contributed by atoms with van der Waals surface area (Å²) in [6.45, 7) is 1.36. The van der Waals surface area contributed by atoms with E-state index in [-0.39, 0.29) is 0 Å². The number of fused-ring (bicyclic) bond motifs is 1. The van der Waals surface area contributed by atoms with Crippen molar-refractivity contribution in [1.82, 2.24) is 0 Å². The number of likely N-dealkylation sites (tertiary alicyclic amines) is 1. The summed E-state index contributed by atoms with van der Waals surface area (Å²) in [6, 6.07) is 8.41. The van der Waals surface area contributed by atoms with Crippen LogP contribution in [0.2, 0.25) is 0 Å². The van der Waals surface area contributed by atoms with Crippen LogP contribution < -0.4 is 9.80 Å². The van der Waals surface area contributed by atoms with E-state index in [4.69, 9.17) is 0 Å². The number of amides is 1. The summed E-state index contributed by atoms with van der Waals surface area (Å²) in [6.07, 6.45) is 2.16. The Morgan fingerprint density at radius 2 is 2.17 bits per heavy atom. The van der Waals surface area contributed by atoms with Crippen molar-refractivity contribution in [2.75, 3.05) is 18.1 Å². The molecule has 4 rings (SSSR count). The molecular formula is C17H16FN2O2S+. The van der Waals surface area contributed by atoms with Gasteiger partial charge >= 0.3 is 5.91 Å². The molecule has 1 aromatic carbocycles. The van der Waals surface area contributed by atoms with Crippen LogP contribution in [-0.4, -0.2) is 24.9 Å². The minimum atomic E-state index is -0.546. The molecule has 118 valence electrons. The van der Waals surface area contributed by atoms with Gasteiger partial charge < -0.3 is 4.90 Å². The second-order valence-electron chi connectivity index (χ2n) is 6.00.